The molecule has 0 radical (unpaired) electrons. The Balaban J connectivity index is 2.37. The van der Waals surface area contributed by atoms with Crippen LogP contribution in [-0.4, -0.2) is 45.3 Å². The van der Waals surface area contributed by atoms with Crippen molar-refractivity contribution < 1.29 is 24.5 Å². The summed E-state index contributed by atoms with van der Waals surface area (Å²) in [6, 6.07) is 3.76. The average molecular weight is 291 g/mol. The summed E-state index contributed by atoms with van der Waals surface area (Å²) < 4.78 is 5.08. The molecule has 21 heavy (non-hydrogen) atoms. The number of nitrogens with zero attached hydrogens (tertiary/aromatic N) is 2. The van der Waals surface area contributed by atoms with Gasteiger partial charge in [-0.3, -0.25) is 4.79 Å². The Morgan fingerprint density at radius 3 is 2.71 bits per heavy atom. The summed E-state index contributed by atoms with van der Waals surface area (Å²) in [6.45, 7) is 0. The van der Waals surface area contributed by atoms with Crippen LogP contribution >= 0.6 is 0 Å². The number of carboxylic acid groups (broad SMARTS) is 2. The average Bonchev–Trinajstić information content (AvgIpc) is 2.45. The van der Waals surface area contributed by atoms with Crippen LogP contribution in [-0.2, 0) is 9.59 Å². The molecule has 0 amide bonds. The van der Waals surface area contributed by atoms with Crippen molar-refractivity contribution in [1.82, 2.24) is 9.97 Å². The Morgan fingerprint density at radius 1 is 1.33 bits per heavy atom. The number of aromatic nitrogens is 2. The first-order chi connectivity index (χ1) is 10.0. The molecule has 3 N–H and O–H groups in total. The van der Waals surface area contributed by atoms with Crippen molar-refractivity contribution in [3.8, 4) is 5.75 Å². The highest BCUT2D eigenvalue weighted by molar-refractivity contribution is 5.92. The molecule has 0 aliphatic rings. The molecule has 110 valence electrons. The lowest BCUT2D eigenvalue weighted by molar-refractivity contribution is -0.144. The Bertz CT molecular complexity index is 689. The Morgan fingerprint density at radius 2 is 2.10 bits per heavy atom. The Hall–Kier alpha value is -2.90. The van der Waals surface area contributed by atoms with Gasteiger partial charge in [-0.15, -0.1) is 0 Å². The predicted octanol–water partition coefficient (Wildman–Crippen LogP) is 0.978. The minimum Gasteiger partial charge on any atom is -0.497 e. The SMILES string of the molecule is COc1ccc2c(NC(CC(=O)O)C(=O)O)ncnc2c1. The number of fused-ring (bicyclic) bond motifs is 1. The van der Waals surface area contributed by atoms with E-state index in [4.69, 9.17) is 14.9 Å². The third-order valence-electron chi connectivity index (χ3n) is 2.83. The zero-order chi connectivity index (χ0) is 15.4. The van der Waals surface area contributed by atoms with Crippen molar-refractivity contribution in [1.29, 1.82) is 0 Å². The van der Waals surface area contributed by atoms with Crippen LogP contribution in [0.4, 0.5) is 5.82 Å². The molecule has 1 unspecified atom stereocenters. The highest BCUT2D eigenvalue weighted by Crippen LogP contribution is 2.24. The number of nitrogens with one attached hydrogen (secondary N) is 1. The van der Waals surface area contributed by atoms with E-state index in [2.05, 4.69) is 15.3 Å². The number of carbonyl (C=O) groups is 2. The smallest absolute Gasteiger partial charge is 0.326 e. The van der Waals surface area contributed by atoms with Gasteiger partial charge in [0, 0.05) is 11.5 Å². The largest absolute Gasteiger partial charge is 0.497 e. The summed E-state index contributed by atoms with van der Waals surface area (Å²) in [7, 11) is 1.52. The zero-order valence-corrected chi connectivity index (χ0v) is 11.1. The van der Waals surface area contributed by atoms with E-state index >= 15 is 0 Å². The Labute approximate surface area is 119 Å². The summed E-state index contributed by atoms with van der Waals surface area (Å²) in [5.74, 6) is -1.61. The van der Waals surface area contributed by atoms with Gasteiger partial charge in [-0.05, 0) is 12.1 Å². The van der Waals surface area contributed by atoms with Crippen molar-refractivity contribution >= 4 is 28.7 Å². The van der Waals surface area contributed by atoms with E-state index in [1.807, 2.05) is 0 Å². The molecule has 1 aromatic heterocycles. The molecule has 0 saturated carbocycles. The fraction of sp³-hybridized carbons (Fsp3) is 0.231. The van der Waals surface area contributed by atoms with Gasteiger partial charge in [-0.25, -0.2) is 14.8 Å². The lowest BCUT2D eigenvalue weighted by Gasteiger charge is -2.14. The molecule has 0 spiro atoms. The van der Waals surface area contributed by atoms with Crippen LogP contribution in [0.1, 0.15) is 6.42 Å². The molecule has 0 bridgehead atoms. The molecule has 1 aromatic carbocycles. The molecule has 0 aliphatic heterocycles. The number of methoxy groups -OCH3 is 1. The molecule has 2 aromatic rings. The van der Waals surface area contributed by atoms with E-state index < -0.39 is 24.4 Å². The number of rotatable bonds is 6. The molecular formula is C13H13N3O5. The van der Waals surface area contributed by atoms with Crippen molar-refractivity contribution in [3.05, 3.63) is 24.5 Å². The second-order valence-corrected chi connectivity index (χ2v) is 4.24. The minimum atomic E-state index is -1.28. The topological polar surface area (TPSA) is 122 Å². The lowest BCUT2D eigenvalue weighted by atomic mass is 10.2. The standard InChI is InChI=1S/C13H13N3O5/c1-21-7-2-3-8-9(4-7)14-6-15-12(8)16-10(13(19)20)5-11(17)18/h2-4,6,10H,5H2,1H3,(H,17,18)(H,19,20)(H,14,15,16). The molecule has 0 aliphatic carbocycles. The number of anilines is 1. The summed E-state index contributed by atoms with van der Waals surface area (Å²) in [5, 5.41) is 21.0. The third-order valence-corrected chi connectivity index (χ3v) is 2.83. The van der Waals surface area contributed by atoms with E-state index in [0.29, 0.717) is 16.7 Å². The molecule has 8 heteroatoms. The summed E-state index contributed by atoms with van der Waals surface area (Å²) in [5.41, 5.74) is 0.561. The van der Waals surface area contributed by atoms with Gasteiger partial charge < -0.3 is 20.3 Å². The maximum Gasteiger partial charge on any atom is 0.326 e. The number of carboxylic acids is 2. The van der Waals surface area contributed by atoms with Crippen molar-refractivity contribution in [3.63, 3.8) is 0 Å². The second kappa shape index (κ2) is 6.04. The quantitative estimate of drug-likeness (QED) is 0.720. The lowest BCUT2D eigenvalue weighted by Crippen LogP contribution is -2.32. The number of benzene rings is 1. The van der Waals surface area contributed by atoms with Crippen LogP contribution in [0.3, 0.4) is 0 Å². The van der Waals surface area contributed by atoms with Crippen LogP contribution in [0.15, 0.2) is 24.5 Å². The fourth-order valence-electron chi connectivity index (χ4n) is 1.82. The maximum absolute atomic E-state index is 11.1. The fourth-order valence-corrected chi connectivity index (χ4v) is 1.82. The predicted molar refractivity (Wildman–Crippen MR) is 73.4 cm³/mol. The summed E-state index contributed by atoms with van der Waals surface area (Å²) in [6.07, 6.45) is 0.709. The normalized spacial score (nSPS) is 11.9. The molecule has 0 saturated heterocycles. The monoisotopic (exact) mass is 291 g/mol. The Kier molecular flexibility index (Phi) is 4.17. The van der Waals surface area contributed by atoms with E-state index in [0.717, 1.165) is 0 Å². The first kappa shape index (κ1) is 14.5. The maximum atomic E-state index is 11.1. The van der Waals surface area contributed by atoms with Gasteiger partial charge in [0.05, 0.1) is 19.0 Å². The highest BCUT2D eigenvalue weighted by Gasteiger charge is 2.22. The van der Waals surface area contributed by atoms with Crippen LogP contribution < -0.4 is 10.1 Å². The van der Waals surface area contributed by atoms with Gasteiger partial charge in [-0.2, -0.15) is 0 Å². The van der Waals surface area contributed by atoms with Crippen molar-refractivity contribution in [2.75, 3.05) is 12.4 Å². The van der Waals surface area contributed by atoms with Crippen molar-refractivity contribution in [2.24, 2.45) is 0 Å². The number of aliphatic carboxylic acids is 2. The van der Waals surface area contributed by atoms with Crippen LogP contribution in [0.5, 0.6) is 5.75 Å². The molecule has 1 heterocycles. The molecular weight excluding hydrogens is 278 g/mol. The molecule has 1 atom stereocenters. The molecule has 0 fully saturated rings. The molecule has 8 nitrogen and oxygen atoms in total. The van der Waals surface area contributed by atoms with Gasteiger partial charge in [0.1, 0.15) is 23.9 Å². The van der Waals surface area contributed by atoms with E-state index in [-0.39, 0.29) is 5.82 Å². The third kappa shape index (κ3) is 3.35. The zero-order valence-electron chi connectivity index (χ0n) is 11.1. The van der Waals surface area contributed by atoms with E-state index in [9.17, 15) is 9.59 Å². The van der Waals surface area contributed by atoms with Crippen LogP contribution in [0.25, 0.3) is 10.9 Å². The van der Waals surface area contributed by atoms with Crippen LogP contribution in [0, 0.1) is 0 Å². The minimum absolute atomic E-state index is 0.260. The number of hydrogen-bond donors (Lipinski definition) is 3. The van der Waals surface area contributed by atoms with E-state index in [1.165, 1.54) is 13.4 Å². The van der Waals surface area contributed by atoms with Crippen LogP contribution in [0.2, 0.25) is 0 Å². The first-order valence-corrected chi connectivity index (χ1v) is 6.01. The van der Waals surface area contributed by atoms with Gasteiger partial charge >= 0.3 is 11.9 Å². The van der Waals surface area contributed by atoms with Crippen molar-refractivity contribution in [2.45, 2.75) is 12.5 Å². The number of hydrogen-bond acceptors (Lipinski definition) is 6. The van der Waals surface area contributed by atoms with Gasteiger partial charge in [0.2, 0.25) is 0 Å². The summed E-state index contributed by atoms with van der Waals surface area (Å²) >= 11 is 0. The van der Waals surface area contributed by atoms with Gasteiger partial charge in [-0.1, -0.05) is 0 Å². The molecule has 2 rings (SSSR count). The van der Waals surface area contributed by atoms with Gasteiger partial charge in [0.15, 0.2) is 0 Å². The highest BCUT2D eigenvalue weighted by atomic mass is 16.5. The van der Waals surface area contributed by atoms with E-state index in [1.54, 1.807) is 18.2 Å². The first-order valence-electron chi connectivity index (χ1n) is 6.01. The number of ether oxygens (including phenoxy) is 1. The summed E-state index contributed by atoms with van der Waals surface area (Å²) in [4.78, 5) is 29.8. The second-order valence-electron chi connectivity index (χ2n) is 4.24. The van der Waals surface area contributed by atoms with Gasteiger partial charge in [0.25, 0.3) is 0 Å².